The molecule has 0 aromatic heterocycles. The molecule has 2 aromatic rings. The summed E-state index contributed by atoms with van der Waals surface area (Å²) in [6.07, 6.45) is 8.68. The first-order chi connectivity index (χ1) is 19.9. The molecule has 0 radical (unpaired) electrons. The average molecular weight is 770 g/mol. The summed E-state index contributed by atoms with van der Waals surface area (Å²) < 4.78 is 0. The number of thioether (sulfide) groups is 1. The van der Waals surface area contributed by atoms with Gasteiger partial charge in [-0.3, -0.25) is 0 Å². The molecule has 2 fully saturated rings. The number of hydrogen-bond acceptors (Lipinski definition) is 1. The van der Waals surface area contributed by atoms with Gasteiger partial charge < -0.3 is 40.3 Å². The number of para-hydroxylation sites is 2. The van der Waals surface area contributed by atoms with E-state index in [0.717, 1.165) is 53.8 Å². The maximum Gasteiger partial charge on any atom is 4.00 e. The van der Waals surface area contributed by atoms with Crippen molar-refractivity contribution >= 4 is 41.7 Å². The fourth-order valence-electron chi connectivity index (χ4n) is 8.55. The summed E-state index contributed by atoms with van der Waals surface area (Å²) in [5.41, 5.74) is 8.72. The third-order valence-corrected chi connectivity index (χ3v) is 12.2. The molecule has 0 saturated heterocycles. The summed E-state index contributed by atoms with van der Waals surface area (Å²) in [6.45, 7) is 14.2. The fraction of sp³-hybridized carbons (Fsp3) is 0.550. The van der Waals surface area contributed by atoms with E-state index in [4.69, 9.17) is 29.2 Å². The zero-order valence-electron chi connectivity index (χ0n) is 29.8. The fourth-order valence-corrected chi connectivity index (χ4v) is 9.88. The predicted molar refractivity (Wildman–Crippen MR) is 209 cm³/mol. The third-order valence-electron chi connectivity index (χ3n) is 11.0. The van der Waals surface area contributed by atoms with Crippen LogP contribution in [0.3, 0.4) is 0 Å². The molecule has 0 N–H and O–H groups in total. The van der Waals surface area contributed by atoms with Crippen LogP contribution in [0, 0.1) is 65.2 Å². The van der Waals surface area contributed by atoms with Gasteiger partial charge >= 0.3 is 57.4 Å². The molecule has 8 unspecified atom stereocenters. The van der Waals surface area contributed by atoms with E-state index in [1.807, 2.05) is 11.8 Å². The molecule has 0 amide bonds. The number of aryl methyl sites for hydroxylation is 2. The third kappa shape index (κ3) is 10.6. The molecule has 2 nitrogen and oxygen atoms in total. The predicted octanol–water partition coefficient (Wildman–Crippen LogP) is 14.1. The molecule has 8 atom stereocenters. The van der Waals surface area contributed by atoms with Crippen molar-refractivity contribution in [1.29, 1.82) is 0 Å². The molecule has 3 heterocycles. The minimum absolute atomic E-state index is 0. The number of benzene rings is 2. The topological polar surface area (TPSA) is 28.2 Å². The Morgan fingerprint density at radius 1 is 0.702 bits per heavy atom. The second-order valence-electron chi connectivity index (χ2n) is 13.0. The van der Waals surface area contributed by atoms with Crippen molar-refractivity contribution in [3.63, 3.8) is 0 Å². The normalized spacial score (nSPS) is 30.1. The molecule has 5 aliphatic rings. The van der Waals surface area contributed by atoms with Crippen LogP contribution in [-0.4, -0.2) is 18.3 Å². The van der Waals surface area contributed by atoms with Crippen LogP contribution < -0.4 is 0 Å². The smallest absolute Gasteiger partial charge is 4.00 e. The standard InChI is InChI=1S/C18H26N.C17H20NS.CH4.4CH3.2ClH.2Ti/c1-11-12(2)14(4)17(13(11)3)16-9-5-7-15-8-6-10-19-18(15)16;1-11-10-15-13(7-9-19-15)16(11)14-6-2-4-12-5-3-8-18-17(12)14;;;;;;;;;/h5,7,9,11-14,17H,6,8,10H2,1-4H3;2,4,6-7,9,11,13,15-16H,3,5,8,10H2,1H3;1H4;4*1H3;2*1H;;/q2*-1;;4*-1;;;+2;+4/p-2. The molecule has 2 aromatic carbocycles. The van der Waals surface area contributed by atoms with Gasteiger partial charge in [0.2, 0.25) is 0 Å². The monoisotopic (exact) mass is 768 g/mol. The quantitative estimate of drug-likeness (QED) is 0.221. The van der Waals surface area contributed by atoms with Crippen molar-refractivity contribution in [1.82, 2.24) is 0 Å². The Morgan fingerprint density at radius 3 is 1.62 bits per heavy atom. The minimum Gasteiger partial charge on any atom is 4.00 e. The second-order valence-corrected chi connectivity index (χ2v) is 16.8. The Balaban J connectivity index is 0. The molecule has 47 heavy (non-hydrogen) atoms. The van der Waals surface area contributed by atoms with E-state index in [1.54, 1.807) is 0 Å². The van der Waals surface area contributed by atoms with Gasteiger partial charge in [0.25, 0.3) is 0 Å². The van der Waals surface area contributed by atoms with Crippen molar-refractivity contribution in [2.24, 2.45) is 35.5 Å². The number of fused-ring (bicyclic) bond motifs is 3. The van der Waals surface area contributed by atoms with Gasteiger partial charge in [0, 0.05) is 5.25 Å². The van der Waals surface area contributed by atoms with Crippen LogP contribution in [0.2, 0.25) is 0 Å². The van der Waals surface area contributed by atoms with Crippen LogP contribution in [-0.2, 0) is 51.6 Å². The molecule has 3 aliphatic heterocycles. The molecular formula is C40H62Cl2N2STi2-2. The Bertz CT molecular complexity index is 1200. The number of hydrogen-bond donors (Lipinski definition) is 0. The number of allylic oxidation sites excluding steroid dienone is 1. The van der Waals surface area contributed by atoms with Gasteiger partial charge in [-0.2, -0.15) is 0 Å². The van der Waals surface area contributed by atoms with Gasteiger partial charge in [0.05, 0.1) is 0 Å². The zero-order valence-corrected chi connectivity index (χ0v) is 35.3. The number of halogens is 2. The van der Waals surface area contributed by atoms with Crippen LogP contribution in [0.25, 0.3) is 10.6 Å². The molecular weight excluding hydrogens is 707 g/mol. The van der Waals surface area contributed by atoms with Crippen molar-refractivity contribution in [3.8, 4) is 0 Å². The van der Waals surface area contributed by atoms with E-state index in [-0.39, 0.29) is 58.9 Å². The van der Waals surface area contributed by atoms with Gasteiger partial charge in [-0.25, -0.2) is 0 Å². The Labute approximate surface area is 328 Å². The van der Waals surface area contributed by atoms with Crippen LogP contribution in [0.15, 0.2) is 47.9 Å². The molecule has 2 aliphatic carbocycles. The average Bonchev–Trinajstić information content (AvgIpc) is 3.62. The Morgan fingerprint density at radius 2 is 1.15 bits per heavy atom. The van der Waals surface area contributed by atoms with E-state index >= 15 is 0 Å². The number of rotatable bonds is 2. The zero-order chi connectivity index (χ0) is 29.1. The van der Waals surface area contributed by atoms with Gasteiger partial charge in [-0.05, 0) is 72.0 Å². The second kappa shape index (κ2) is 22.9. The Hall–Kier alpha value is 0.139. The molecule has 0 spiro atoms. The minimum atomic E-state index is -0.556. The SMILES string of the molecule is C.CC1C(C)C(C)C(c2cccc3c2[N-]CCC3)C1C.CC1CC2SC=CC2C1c1cccc2c1[N-]CCC2.[CH3-].[CH3-].[CH3-].[CH3-].[Cl][Ti][Cl].[Ti+4]. The van der Waals surface area contributed by atoms with Crippen LogP contribution in [0.5, 0.6) is 0 Å². The summed E-state index contributed by atoms with van der Waals surface area (Å²) in [5.74, 6) is 6.09. The van der Waals surface area contributed by atoms with Crippen molar-refractivity contribution < 1.29 is 38.7 Å². The first kappa shape index (κ1) is 49.3. The van der Waals surface area contributed by atoms with Crippen molar-refractivity contribution in [2.75, 3.05) is 13.1 Å². The van der Waals surface area contributed by atoms with Crippen molar-refractivity contribution in [2.45, 2.75) is 91.2 Å². The van der Waals surface area contributed by atoms with Gasteiger partial charge in [-0.15, -0.1) is 36.2 Å². The summed E-state index contributed by atoms with van der Waals surface area (Å²) in [5, 5.41) is 12.9. The van der Waals surface area contributed by atoms with E-state index in [2.05, 4.69) is 82.5 Å². The summed E-state index contributed by atoms with van der Waals surface area (Å²) in [6, 6.07) is 13.7. The molecule has 2 saturated carbocycles. The van der Waals surface area contributed by atoms with E-state index in [0.29, 0.717) is 11.8 Å². The largest absolute Gasteiger partial charge is 4.00 e. The van der Waals surface area contributed by atoms with E-state index < -0.39 is 17.0 Å². The first-order valence-electron chi connectivity index (χ1n) is 15.7. The summed E-state index contributed by atoms with van der Waals surface area (Å²) in [4.78, 5) is 0. The first-order valence-corrected chi connectivity index (χ1v) is 21.0. The van der Waals surface area contributed by atoms with Crippen LogP contribution in [0.4, 0.5) is 11.4 Å². The summed E-state index contributed by atoms with van der Waals surface area (Å²) in [7, 11) is 9.78. The number of nitrogens with zero attached hydrogens (tertiary/aromatic N) is 2. The molecule has 7 rings (SSSR count). The van der Waals surface area contributed by atoms with E-state index in [9.17, 15) is 0 Å². The molecule has 7 heteroatoms. The Kier molecular flexibility index (Phi) is 23.9. The van der Waals surface area contributed by atoms with E-state index in [1.165, 1.54) is 65.7 Å². The van der Waals surface area contributed by atoms with Crippen LogP contribution in [0.1, 0.15) is 95.4 Å². The van der Waals surface area contributed by atoms with Gasteiger partial charge in [0.15, 0.2) is 0 Å². The maximum atomic E-state index is 4.89. The molecule has 0 bridgehead atoms. The van der Waals surface area contributed by atoms with Gasteiger partial charge in [-0.1, -0.05) is 120 Å². The van der Waals surface area contributed by atoms with Gasteiger partial charge in [0.1, 0.15) is 0 Å². The summed E-state index contributed by atoms with van der Waals surface area (Å²) >= 11 is 1.49. The van der Waals surface area contributed by atoms with Crippen molar-refractivity contribution in [3.05, 3.63) is 110 Å². The van der Waals surface area contributed by atoms with Crippen LogP contribution >= 0.6 is 30.4 Å². The maximum absolute atomic E-state index is 4.89. The molecule has 262 valence electrons.